The van der Waals surface area contributed by atoms with Crippen molar-refractivity contribution in [3.8, 4) is 5.69 Å². The quantitative estimate of drug-likeness (QED) is 0.684. The smallest absolute Gasteiger partial charge is 0.251 e. The van der Waals surface area contributed by atoms with Crippen LogP contribution < -0.4 is 5.32 Å². The first-order chi connectivity index (χ1) is 14.0. The number of rotatable bonds is 5. The number of carbonyl (C=O) groups is 2. The third kappa shape index (κ3) is 4.10. The molecule has 2 aromatic carbocycles. The zero-order valence-electron chi connectivity index (χ0n) is 16.2. The molecular formula is C23H22ClN3O2. The van der Waals surface area contributed by atoms with E-state index in [0.29, 0.717) is 23.6 Å². The highest BCUT2D eigenvalue weighted by molar-refractivity contribution is 6.30. The van der Waals surface area contributed by atoms with E-state index in [-0.39, 0.29) is 11.7 Å². The molecule has 1 N–H and O–H groups in total. The van der Waals surface area contributed by atoms with Crippen molar-refractivity contribution < 1.29 is 9.59 Å². The Morgan fingerprint density at radius 3 is 2.55 bits per heavy atom. The number of fused-ring (bicyclic) bond motifs is 1. The molecule has 0 bridgehead atoms. The summed E-state index contributed by atoms with van der Waals surface area (Å²) >= 11 is 5.89. The average Bonchev–Trinajstić information content (AvgIpc) is 3.07. The molecule has 0 aliphatic heterocycles. The second-order valence-electron chi connectivity index (χ2n) is 7.27. The minimum absolute atomic E-state index is 0.112. The molecule has 1 aliphatic carbocycles. The molecule has 148 valence electrons. The van der Waals surface area contributed by atoms with Gasteiger partial charge < -0.3 is 5.32 Å². The summed E-state index contributed by atoms with van der Waals surface area (Å²) < 4.78 is 1.84. The molecule has 1 aliphatic rings. The Bertz CT molecular complexity index is 1050. The van der Waals surface area contributed by atoms with Crippen LogP contribution in [0.4, 0.5) is 0 Å². The van der Waals surface area contributed by atoms with Crippen LogP contribution >= 0.6 is 11.6 Å². The standard InChI is InChI=1S/C23H22ClN3O2/c1-15-22-20(3-2-4-21(22)28)27(26-15)19-11-7-17(8-12-19)23(29)25-14-13-16-5-9-18(24)10-6-16/h5-12H,2-4,13-14H2,1H3,(H,25,29). The van der Waals surface area contributed by atoms with Crippen LogP contribution in [0.2, 0.25) is 5.02 Å². The largest absolute Gasteiger partial charge is 0.352 e. The minimum Gasteiger partial charge on any atom is -0.352 e. The molecule has 0 radical (unpaired) electrons. The molecule has 5 nitrogen and oxygen atoms in total. The van der Waals surface area contributed by atoms with E-state index in [1.165, 1.54) is 0 Å². The normalized spacial score (nSPS) is 13.2. The fourth-order valence-corrected chi connectivity index (χ4v) is 3.88. The molecular weight excluding hydrogens is 386 g/mol. The highest BCUT2D eigenvalue weighted by Gasteiger charge is 2.25. The van der Waals surface area contributed by atoms with E-state index in [1.54, 1.807) is 12.1 Å². The Kier molecular flexibility index (Phi) is 5.49. The van der Waals surface area contributed by atoms with Crippen LogP contribution in [-0.4, -0.2) is 28.0 Å². The number of Topliss-reactive ketones (excluding diaryl/α,β-unsaturated/α-hetero) is 1. The molecule has 0 saturated carbocycles. The van der Waals surface area contributed by atoms with E-state index in [1.807, 2.05) is 48.0 Å². The van der Waals surface area contributed by atoms with Crippen LogP contribution in [0.3, 0.4) is 0 Å². The summed E-state index contributed by atoms with van der Waals surface area (Å²) in [5.74, 6) is 0.0612. The van der Waals surface area contributed by atoms with E-state index in [0.717, 1.165) is 47.5 Å². The summed E-state index contributed by atoms with van der Waals surface area (Å²) in [5, 5.41) is 8.21. The topological polar surface area (TPSA) is 64.0 Å². The second kappa shape index (κ2) is 8.21. The number of aryl methyl sites for hydroxylation is 1. The molecule has 1 aromatic heterocycles. The number of amides is 1. The molecule has 3 aromatic rings. The van der Waals surface area contributed by atoms with Crippen molar-refractivity contribution in [2.45, 2.75) is 32.6 Å². The van der Waals surface area contributed by atoms with Crippen LogP contribution in [0.15, 0.2) is 48.5 Å². The van der Waals surface area contributed by atoms with Crippen LogP contribution in [0.1, 0.15) is 50.5 Å². The van der Waals surface area contributed by atoms with Gasteiger partial charge in [-0.2, -0.15) is 5.10 Å². The Labute approximate surface area is 174 Å². The first-order valence-electron chi connectivity index (χ1n) is 9.77. The van der Waals surface area contributed by atoms with Gasteiger partial charge in [0.15, 0.2) is 5.78 Å². The first kappa shape index (κ1) is 19.4. The summed E-state index contributed by atoms with van der Waals surface area (Å²) in [6, 6.07) is 14.9. The zero-order valence-corrected chi connectivity index (χ0v) is 17.0. The van der Waals surface area contributed by atoms with E-state index >= 15 is 0 Å². The van der Waals surface area contributed by atoms with E-state index < -0.39 is 0 Å². The van der Waals surface area contributed by atoms with Gasteiger partial charge >= 0.3 is 0 Å². The third-order valence-corrected chi connectivity index (χ3v) is 5.49. The Hall–Kier alpha value is -2.92. The summed E-state index contributed by atoms with van der Waals surface area (Å²) in [4.78, 5) is 24.6. The van der Waals surface area contributed by atoms with E-state index in [9.17, 15) is 9.59 Å². The molecule has 0 unspecified atom stereocenters. The number of hydrogen-bond donors (Lipinski definition) is 1. The summed E-state index contributed by atoms with van der Waals surface area (Å²) in [6.07, 6.45) is 3.03. The second-order valence-corrected chi connectivity index (χ2v) is 7.71. The van der Waals surface area contributed by atoms with Crippen molar-refractivity contribution in [1.82, 2.24) is 15.1 Å². The molecule has 0 fully saturated rings. The van der Waals surface area contributed by atoms with Crippen molar-refractivity contribution in [3.63, 3.8) is 0 Å². The molecule has 1 amide bonds. The Morgan fingerprint density at radius 1 is 1.10 bits per heavy atom. The fourth-order valence-electron chi connectivity index (χ4n) is 3.75. The minimum atomic E-state index is -0.112. The van der Waals surface area contributed by atoms with Gasteiger partial charge in [0.2, 0.25) is 0 Å². The number of hydrogen-bond acceptors (Lipinski definition) is 3. The van der Waals surface area contributed by atoms with Crippen LogP contribution in [0.5, 0.6) is 0 Å². The number of aromatic nitrogens is 2. The number of benzene rings is 2. The maximum absolute atomic E-state index is 12.4. The molecule has 0 spiro atoms. The number of nitrogens with one attached hydrogen (secondary N) is 1. The van der Waals surface area contributed by atoms with Gasteiger partial charge in [0, 0.05) is 23.6 Å². The lowest BCUT2D eigenvalue weighted by Gasteiger charge is -2.13. The molecule has 1 heterocycles. The molecule has 0 atom stereocenters. The third-order valence-electron chi connectivity index (χ3n) is 5.24. The summed E-state index contributed by atoms with van der Waals surface area (Å²) in [5.41, 5.74) is 5.09. The van der Waals surface area contributed by atoms with Crippen molar-refractivity contribution in [2.75, 3.05) is 6.54 Å². The number of carbonyl (C=O) groups excluding carboxylic acids is 2. The Morgan fingerprint density at radius 2 is 1.83 bits per heavy atom. The van der Waals surface area contributed by atoms with Gasteiger partial charge in [0.1, 0.15) is 0 Å². The molecule has 0 saturated heterocycles. The van der Waals surface area contributed by atoms with Gasteiger partial charge in [-0.05, 0) is 68.1 Å². The lowest BCUT2D eigenvalue weighted by Crippen LogP contribution is -2.25. The lowest BCUT2D eigenvalue weighted by molar-refractivity contribution is 0.0951. The highest BCUT2D eigenvalue weighted by Crippen LogP contribution is 2.26. The van der Waals surface area contributed by atoms with Crippen molar-refractivity contribution in [2.24, 2.45) is 0 Å². The Balaban J connectivity index is 1.43. The number of ketones is 1. The van der Waals surface area contributed by atoms with Gasteiger partial charge in [-0.3, -0.25) is 9.59 Å². The SMILES string of the molecule is Cc1nn(-c2ccc(C(=O)NCCc3ccc(Cl)cc3)cc2)c2c1C(=O)CCC2. The lowest BCUT2D eigenvalue weighted by atomic mass is 9.94. The van der Waals surface area contributed by atoms with Crippen LogP contribution in [0.25, 0.3) is 5.69 Å². The zero-order chi connectivity index (χ0) is 20.4. The maximum Gasteiger partial charge on any atom is 0.251 e. The van der Waals surface area contributed by atoms with Crippen molar-refractivity contribution in [3.05, 3.63) is 81.6 Å². The number of nitrogens with zero attached hydrogens (tertiary/aromatic N) is 2. The molecule has 6 heteroatoms. The average molecular weight is 408 g/mol. The van der Waals surface area contributed by atoms with E-state index in [2.05, 4.69) is 10.4 Å². The van der Waals surface area contributed by atoms with Crippen molar-refractivity contribution in [1.29, 1.82) is 0 Å². The first-order valence-corrected chi connectivity index (χ1v) is 10.2. The van der Waals surface area contributed by atoms with Crippen molar-refractivity contribution >= 4 is 23.3 Å². The molecule has 29 heavy (non-hydrogen) atoms. The van der Waals surface area contributed by atoms with Gasteiger partial charge in [0.25, 0.3) is 5.91 Å². The number of halogens is 1. The maximum atomic E-state index is 12.4. The van der Waals surface area contributed by atoms with Gasteiger partial charge in [-0.15, -0.1) is 0 Å². The fraction of sp³-hybridized carbons (Fsp3) is 0.261. The van der Waals surface area contributed by atoms with Gasteiger partial charge in [-0.1, -0.05) is 23.7 Å². The monoisotopic (exact) mass is 407 g/mol. The predicted octanol–water partition coefficient (Wildman–Crippen LogP) is 4.33. The van der Waals surface area contributed by atoms with E-state index in [4.69, 9.17) is 11.6 Å². The van der Waals surface area contributed by atoms with Crippen LogP contribution in [-0.2, 0) is 12.8 Å². The van der Waals surface area contributed by atoms with Gasteiger partial charge in [0.05, 0.1) is 22.6 Å². The predicted molar refractivity (Wildman–Crippen MR) is 113 cm³/mol. The van der Waals surface area contributed by atoms with Crippen LogP contribution in [0, 0.1) is 6.92 Å². The highest BCUT2D eigenvalue weighted by atomic mass is 35.5. The summed E-state index contributed by atoms with van der Waals surface area (Å²) in [6.45, 7) is 2.43. The summed E-state index contributed by atoms with van der Waals surface area (Å²) in [7, 11) is 0. The molecule has 4 rings (SSSR count). The van der Waals surface area contributed by atoms with Gasteiger partial charge in [-0.25, -0.2) is 4.68 Å².